The largest absolute Gasteiger partial charge is 0.394 e. The van der Waals surface area contributed by atoms with Gasteiger partial charge in [-0.05, 0) is 30.7 Å². The zero-order chi connectivity index (χ0) is 12.5. The van der Waals surface area contributed by atoms with Crippen LogP contribution in [-0.4, -0.2) is 31.5 Å². The van der Waals surface area contributed by atoms with E-state index in [2.05, 4.69) is 21.2 Å². The van der Waals surface area contributed by atoms with Gasteiger partial charge in [0.25, 0.3) is 0 Å². The molecule has 96 valence electrons. The van der Waals surface area contributed by atoms with Crippen LogP contribution < -0.4 is 5.32 Å². The maximum atomic E-state index is 8.51. The average Bonchev–Trinajstić information content (AvgIpc) is 2.30. The Morgan fingerprint density at radius 1 is 1.35 bits per heavy atom. The summed E-state index contributed by atoms with van der Waals surface area (Å²) < 4.78 is 6.18. The van der Waals surface area contributed by atoms with Gasteiger partial charge in [0, 0.05) is 22.6 Å². The molecule has 0 bridgehead atoms. The van der Waals surface area contributed by atoms with Crippen molar-refractivity contribution in [2.24, 2.45) is 0 Å². The van der Waals surface area contributed by atoms with Gasteiger partial charge in [-0.2, -0.15) is 0 Å². The molecule has 0 saturated heterocycles. The molecule has 2 N–H and O–H groups in total. The minimum Gasteiger partial charge on any atom is -0.394 e. The number of ether oxygens (including phenoxy) is 1. The lowest BCUT2D eigenvalue weighted by atomic mass is 10.2. The van der Waals surface area contributed by atoms with Crippen LogP contribution in [0, 0.1) is 0 Å². The van der Waals surface area contributed by atoms with Crippen molar-refractivity contribution < 1.29 is 9.84 Å². The van der Waals surface area contributed by atoms with Crippen LogP contribution in [0.4, 0.5) is 0 Å². The van der Waals surface area contributed by atoms with Gasteiger partial charge in [-0.15, -0.1) is 0 Å². The van der Waals surface area contributed by atoms with E-state index in [0.29, 0.717) is 13.2 Å². The van der Waals surface area contributed by atoms with E-state index in [9.17, 15) is 0 Å². The molecule has 0 amide bonds. The van der Waals surface area contributed by atoms with Gasteiger partial charge in [0.1, 0.15) is 0 Å². The molecule has 0 aliphatic rings. The number of aliphatic hydroxyl groups is 1. The SMILES string of the molecule is OCCOCCCNCc1ccc(Cl)cc1Br. The Kier molecular flexibility index (Phi) is 7.81. The summed E-state index contributed by atoms with van der Waals surface area (Å²) in [5.74, 6) is 0. The molecule has 1 rings (SSSR count). The van der Waals surface area contributed by atoms with E-state index in [-0.39, 0.29) is 6.61 Å². The fraction of sp³-hybridized carbons (Fsp3) is 0.500. The van der Waals surface area contributed by atoms with Crippen molar-refractivity contribution in [3.05, 3.63) is 33.3 Å². The van der Waals surface area contributed by atoms with Crippen molar-refractivity contribution >= 4 is 27.5 Å². The third-order valence-electron chi connectivity index (χ3n) is 2.21. The van der Waals surface area contributed by atoms with Gasteiger partial charge in [-0.1, -0.05) is 33.6 Å². The van der Waals surface area contributed by atoms with E-state index in [1.54, 1.807) is 0 Å². The van der Waals surface area contributed by atoms with Gasteiger partial charge in [0.15, 0.2) is 0 Å². The van der Waals surface area contributed by atoms with Gasteiger partial charge in [-0.3, -0.25) is 0 Å². The highest BCUT2D eigenvalue weighted by Gasteiger charge is 1.99. The maximum absolute atomic E-state index is 8.51. The fourth-order valence-electron chi connectivity index (χ4n) is 1.35. The molecular weight excluding hydrogens is 305 g/mol. The third-order valence-corrected chi connectivity index (χ3v) is 3.18. The van der Waals surface area contributed by atoms with E-state index in [4.69, 9.17) is 21.4 Å². The van der Waals surface area contributed by atoms with Crippen LogP contribution in [0.3, 0.4) is 0 Å². The molecular formula is C12H17BrClNO2. The van der Waals surface area contributed by atoms with Crippen LogP contribution in [0.15, 0.2) is 22.7 Å². The molecule has 0 atom stereocenters. The number of hydrogen-bond donors (Lipinski definition) is 2. The van der Waals surface area contributed by atoms with E-state index in [1.807, 2.05) is 18.2 Å². The quantitative estimate of drug-likeness (QED) is 0.723. The minimum atomic E-state index is 0.0884. The van der Waals surface area contributed by atoms with Crippen LogP contribution in [-0.2, 0) is 11.3 Å². The van der Waals surface area contributed by atoms with Gasteiger partial charge in [0.05, 0.1) is 13.2 Å². The molecule has 5 heteroatoms. The van der Waals surface area contributed by atoms with Gasteiger partial charge in [-0.25, -0.2) is 0 Å². The van der Waals surface area contributed by atoms with Gasteiger partial charge >= 0.3 is 0 Å². The smallest absolute Gasteiger partial charge is 0.0697 e. The van der Waals surface area contributed by atoms with Crippen LogP contribution >= 0.6 is 27.5 Å². The highest BCUT2D eigenvalue weighted by Crippen LogP contribution is 2.21. The first-order valence-electron chi connectivity index (χ1n) is 5.57. The summed E-state index contributed by atoms with van der Waals surface area (Å²) in [5.41, 5.74) is 1.19. The number of rotatable bonds is 8. The summed E-state index contributed by atoms with van der Waals surface area (Å²) in [7, 11) is 0. The molecule has 0 unspecified atom stereocenters. The fourth-order valence-corrected chi connectivity index (χ4v) is 2.18. The summed E-state index contributed by atoms with van der Waals surface area (Å²) in [5, 5.41) is 12.6. The molecule has 1 aromatic rings. The normalized spacial score (nSPS) is 10.8. The van der Waals surface area contributed by atoms with Crippen molar-refractivity contribution in [1.29, 1.82) is 0 Å². The number of benzene rings is 1. The van der Waals surface area contributed by atoms with Crippen molar-refractivity contribution in [3.8, 4) is 0 Å². The average molecular weight is 323 g/mol. The van der Waals surface area contributed by atoms with Crippen molar-refractivity contribution in [3.63, 3.8) is 0 Å². The molecule has 1 aromatic carbocycles. The predicted molar refractivity (Wildman–Crippen MR) is 73.4 cm³/mol. The Balaban J connectivity index is 2.14. The van der Waals surface area contributed by atoms with Gasteiger partial charge in [0.2, 0.25) is 0 Å². The van der Waals surface area contributed by atoms with Crippen LogP contribution in [0.1, 0.15) is 12.0 Å². The van der Waals surface area contributed by atoms with E-state index >= 15 is 0 Å². The molecule has 0 saturated carbocycles. The first-order valence-corrected chi connectivity index (χ1v) is 6.74. The lowest BCUT2D eigenvalue weighted by Crippen LogP contribution is -2.17. The molecule has 0 spiro atoms. The number of hydrogen-bond acceptors (Lipinski definition) is 3. The molecule has 0 fully saturated rings. The zero-order valence-corrected chi connectivity index (χ0v) is 11.9. The van der Waals surface area contributed by atoms with Crippen molar-refractivity contribution in [1.82, 2.24) is 5.32 Å². The molecule has 0 aliphatic carbocycles. The van der Waals surface area contributed by atoms with Crippen molar-refractivity contribution in [2.75, 3.05) is 26.4 Å². The second-order valence-corrected chi connectivity index (χ2v) is 4.89. The van der Waals surface area contributed by atoms with E-state index in [0.717, 1.165) is 29.0 Å². The first kappa shape index (κ1) is 14.9. The standard InChI is InChI=1S/C12H17BrClNO2/c13-12-8-11(14)3-2-10(12)9-15-4-1-6-17-7-5-16/h2-3,8,15-16H,1,4-7,9H2. The second-order valence-electron chi connectivity index (χ2n) is 3.60. The Bertz CT molecular complexity index is 336. The van der Waals surface area contributed by atoms with E-state index < -0.39 is 0 Å². The third kappa shape index (κ3) is 6.38. The lowest BCUT2D eigenvalue weighted by Gasteiger charge is -2.07. The summed E-state index contributed by atoms with van der Waals surface area (Å²) >= 11 is 9.34. The summed E-state index contributed by atoms with van der Waals surface area (Å²) in [6.07, 6.45) is 0.936. The maximum Gasteiger partial charge on any atom is 0.0697 e. The zero-order valence-electron chi connectivity index (χ0n) is 9.59. The number of aliphatic hydroxyl groups excluding tert-OH is 1. The molecule has 0 heterocycles. The van der Waals surface area contributed by atoms with Crippen LogP contribution in [0.5, 0.6) is 0 Å². The van der Waals surface area contributed by atoms with Crippen LogP contribution in [0.2, 0.25) is 5.02 Å². The lowest BCUT2D eigenvalue weighted by molar-refractivity contribution is 0.0907. The highest BCUT2D eigenvalue weighted by atomic mass is 79.9. The van der Waals surface area contributed by atoms with Gasteiger partial charge < -0.3 is 15.2 Å². The number of halogens is 2. The van der Waals surface area contributed by atoms with Crippen molar-refractivity contribution in [2.45, 2.75) is 13.0 Å². The summed E-state index contributed by atoms with van der Waals surface area (Å²) in [4.78, 5) is 0. The Morgan fingerprint density at radius 3 is 2.88 bits per heavy atom. The van der Waals surface area contributed by atoms with Crippen LogP contribution in [0.25, 0.3) is 0 Å². The minimum absolute atomic E-state index is 0.0884. The predicted octanol–water partition coefficient (Wildman–Crippen LogP) is 2.59. The Morgan fingerprint density at radius 2 is 2.18 bits per heavy atom. The topological polar surface area (TPSA) is 41.5 Å². The monoisotopic (exact) mass is 321 g/mol. The molecule has 0 radical (unpaired) electrons. The summed E-state index contributed by atoms with van der Waals surface area (Å²) in [6.45, 7) is 2.88. The number of nitrogens with one attached hydrogen (secondary N) is 1. The van der Waals surface area contributed by atoms with E-state index in [1.165, 1.54) is 5.56 Å². The second kappa shape index (κ2) is 8.89. The molecule has 17 heavy (non-hydrogen) atoms. The first-order chi connectivity index (χ1) is 8.24. The summed E-state index contributed by atoms with van der Waals surface area (Å²) in [6, 6.07) is 5.78. The Labute approximate surface area is 115 Å². The molecule has 0 aromatic heterocycles. The molecule has 3 nitrogen and oxygen atoms in total. The Hall–Kier alpha value is -0.130. The molecule has 0 aliphatic heterocycles. The highest BCUT2D eigenvalue weighted by molar-refractivity contribution is 9.10.